The molecule has 6 nitrogen and oxygen atoms in total. The second kappa shape index (κ2) is 8.31. The molecule has 0 aromatic heterocycles. The number of carbonyl (C=O) groups is 1. The van der Waals surface area contributed by atoms with Crippen LogP contribution in [0.3, 0.4) is 0 Å². The third kappa shape index (κ3) is 3.89. The van der Waals surface area contributed by atoms with Crippen LogP contribution in [0.5, 0.6) is 0 Å². The molecule has 2 aliphatic carbocycles. The molecule has 0 spiro atoms. The first-order valence-electron chi connectivity index (χ1n) is 13.1. The van der Waals surface area contributed by atoms with Gasteiger partial charge in [-0.1, -0.05) is 26.7 Å². The number of carbonyl (C=O) groups excluding carboxylic acids is 1. The van der Waals surface area contributed by atoms with E-state index in [0.717, 1.165) is 30.3 Å². The van der Waals surface area contributed by atoms with Gasteiger partial charge in [-0.05, 0) is 81.2 Å². The summed E-state index contributed by atoms with van der Waals surface area (Å²) in [6, 6.07) is 1.92. The van der Waals surface area contributed by atoms with Gasteiger partial charge in [0, 0.05) is 31.6 Å². The van der Waals surface area contributed by atoms with E-state index in [-0.39, 0.29) is 17.1 Å². The Hall–Kier alpha value is -0.500. The molecule has 6 atom stereocenters. The monoisotopic (exact) mass is 466 g/mol. The van der Waals surface area contributed by atoms with E-state index < -0.39 is 21.3 Å². The van der Waals surface area contributed by atoms with Crippen LogP contribution >= 0.6 is 0 Å². The average Bonchev–Trinajstić information content (AvgIpc) is 3.08. The molecular formula is C25H42N2O4S. The molecule has 6 aliphatic rings. The Bertz CT molecular complexity index is 815. The van der Waals surface area contributed by atoms with Gasteiger partial charge in [-0.25, -0.2) is 0 Å². The summed E-state index contributed by atoms with van der Waals surface area (Å²) in [5, 5.41) is 0. The van der Waals surface area contributed by atoms with Crippen LogP contribution in [0.25, 0.3) is 0 Å². The van der Waals surface area contributed by atoms with Crippen LogP contribution in [0.1, 0.15) is 78.1 Å². The summed E-state index contributed by atoms with van der Waals surface area (Å²) in [5.74, 6) is 1.93. The molecule has 1 N–H and O–H groups in total. The van der Waals surface area contributed by atoms with Crippen LogP contribution in [0.4, 0.5) is 0 Å². The molecule has 32 heavy (non-hydrogen) atoms. The summed E-state index contributed by atoms with van der Waals surface area (Å²) >= 11 is 0. The van der Waals surface area contributed by atoms with E-state index in [0.29, 0.717) is 12.8 Å². The number of fused-ring (bicyclic) bond motifs is 8. The van der Waals surface area contributed by atoms with Crippen molar-refractivity contribution in [1.29, 1.82) is 0 Å². The van der Waals surface area contributed by atoms with Gasteiger partial charge < -0.3 is 0 Å². The van der Waals surface area contributed by atoms with Crippen molar-refractivity contribution >= 4 is 15.9 Å². The number of hydrogen-bond acceptors (Lipinski definition) is 5. The lowest BCUT2D eigenvalue weighted by Gasteiger charge is -2.57. The lowest BCUT2D eigenvalue weighted by atomic mass is 9.70. The van der Waals surface area contributed by atoms with Gasteiger partial charge in [-0.2, -0.15) is 8.42 Å². The Kier molecular flexibility index (Phi) is 6.04. The minimum Gasteiger partial charge on any atom is -0.300 e. The van der Waals surface area contributed by atoms with Crippen molar-refractivity contribution in [2.45, 2.75) is 90.1 Å². The van der Waals surface area contributed by atoms with E-state index in [4.69, 9.17) is 4.55 Å². The van der Waals surface area contributed by atoms with E-state index in [2.05, 4.69) is 9.80 Å². The van der Waals surface area contributed by atoms with Crippen molar-refractivity contribution in [1.82, 2.24) is 9.80 Å². The second-order valence-corrected chi connectivity index (χ2v) is 13.7. The summed E-state index contributed by atoms with van der Waals surface area (Å²) in [5.41, 5.74) is -1.12. The molecule has 7 heteroatoms. The SMILES string of the molecule is C1CCN2CC3CC(CN4CCCCC34)C2C1.CC1(C)C2CCC1(CS(=O)(=O)O)C(=O)C2. The van der Waals surface area contributed by atoms with Gasteiger partial charge in [-0.15, -0.1) is 0 Å². The van der Waals surface area contributed by atoms with Crippen molar-refractivity contribution in [2.24, 2.45) is 28.6 Å². The van der Waals surface area contributed by atoms with Crippen molar-refractivity contribution < 1.29 is 17.8 Å². The number of piperidine rings is 4. The van der Waals surface area contributed by atoms with E-state index in [1.165, 1.54) is 64.7 Å². The predicted molar refractivity (Wildman–Crippen MR) is 125 cm³/mol. The molecule has 0 aromatic rings. The fourth-order valence-corrected chi connectivity index (χ4v) is 9.97. The van der Waals surface area contributed by atoms with Crippen molar-refractivity contribution in [3.63, 3.8) is 0 Å². The molecule has 6 fully saturated rings. The summed E-state index contributed by atoms with van der Waals surface area (Å²) < 4.78 is 31.0. The summed E-state index contributed by atoms with van der Waals surface area (Å²) in [4.78, 5) is 17.6. The smallest absolute Gasteiger partial charge is 0.265 e. The molecule has 6 rings (SSSR count). The van der Waals surface area contributed by atoms with Crippen LogP contribution in [0, 0.1) is 28.6 Å². The van der Waals surface area contributed by atoms with Crippen molar-refractivity contribution in [3.8, 4) is 0 Å². The van der Waals surface area contributed by atoms with Crippen LogP contribution < -0.4 is 0 Å². The van der Waals surface area contributed by atoms with Gasteiger partial charge in [0.05, 0.1) is 11.2 Å². The largest absolute Gasteiger partial charge is 0.300 e. The Labute approximate surface area is 194 Å². The number of rotatable bonds is 2. The zero-order valence-electron chi connectivity index (χ0n) is 20.0. The Morgan fingerprint density at radius 3 is 1.94 bits per heavy atom. The molecule has 0 aromatic carbocycles. The van der Waals surface area contributed by atoms with E-state index in [1.807, 2.05) is 13.8 Å². The van der Waals surface area contributed by atoms with Crippen LogP contribution in [-0.2, 0) is 14.9 Å². The maximum atomic E-state index is 11.9. The standard InChI is InChI=1S/C15H26N2.C10H16O4S/c1-3-7-16-11-13-9-12(14(16)5-1)10-17-8-4-2-6-15(13)17;1-9(2)7-3-4-10(9,8(11)5-7)6-15(12,13)14/h12-15H,1-11H2;7H,3-6H2,1-2H3,(H,12,13,14). The quantitative estimate of drug-likeness (QED) is 0.627. The Morgan fingerprint density at radius 1 is 0.938 bits per heavy atom. The van der Waals surface area contributed by atoms with Gasteiger partial charge in [0.2, 0.25) is 0 Å². The van der Waals surface area contributed by atoms with Crippen molar-refractivity contribution in [2.75, 3.05) is 31.9 Å². The fourth-order valence-electron chi connectivity index (χ4n) is 8.67. The van der Waals surface area contributed by atoms with E-state index in [9.17, 15) is 13.2 Å². The Balaban J connectivity index is 0.000000136. The van der Waals surface area contributed by atoms with Crippen LogP contribution in [-0.4, -0.2) is 72.6 Å². The van der Waals surface area contributed by atoms with E-state index in [1.54, 1.807) is 6.42 Å². The molecular weight excluding hydrogens is 424 g/mol. The third-order valence-electron chi connectivity index (χ3n) is 10.5. The molecule has 2 saturated carbocycles. The maximum Gasteiger partial charge on any atom is 0.265 e. The fraction of sp³-hybridized carbons (Fsp3) is 0.960. The van der Waals surface area contributed by atoms with Crippen molar-refractivity contribution in [3.05, 3.63) is 0 Å². The highest BCUT2D eigenvalue weighted by atomic mass is 32.2. The highest BCUT2D eigenvalue weighted by molar-refractivity contribution is 7.85. The molecule has 6 unspecified atom stereocenters. The zero-order valence-corrected chi connectivity index (χ0v) is 20.8. The zero-order chi connectivity index (χ0) is 22.7. The molecule has 182 valence electrons. The molecule has 4 saturated heterocycles. The van der Waals surface area contributed by atoms with Gasteiger partial charge in [0.15, 0.2) is 0 Å². The predicted octanol–water partition coefficient (Wildman–Crippen LogP) is 3.61. The molecule has 4 heterocycles. The van der Waals surface area contributed by atoms with Gasteiger partial charge in [-0.3, -0.25) is 19.1 Å². The van der Waals surface area contributed by atoms with E-state index >= 15 is 0 Å². The third-order valence-corrected chi connectivity index (χ3v) is 11.4. The average molecular weight is 467 g/mol. The summed E-state index contributed by atoms with van der Waals surface area (Å²) in [6.45, 7) is 9.57. The van der Waals surface area contributed by atoms with Gasteiger partial charge >= 0.3 is 0 Å². The summed E-state index contributed by atoms with van der Waals surface area (Å²) in [6.07, 6.45) is 12.4. The number of hydrogen-bond donors (Lipinski definition) is 1. The van der Waals surface area contributed by atoms with Crippen LogP contribution in [0.2, 0.25) is 0 Å². The van der Waals surface area contributed by atoms with Gasteiger partial charge in [0.1, 0.15) is 5.78 Å². The first kappa shape index (κ1) is 23.3. The number of ketones is 1. The lowest BCUT2D eigenvalue weighted by Crippen LogP contribution is -2.63. The maximum absolute atomic E-state index is 11.9. The van der Waals surface area contributed by atoms with Crippen LogP contribution in [0.15, 0.2) is 0 Å². The second-order valence-electron chi connectivity index (χ2n) is 12.3. The number of nitrogens with zero attached hydrogens (tertiary/aromatic N) is 2. The first-order valence-corrected chi connectivity index (χ1v) is 14.7. The minimum absolute atomic E-state index is 0.0152. The summed E-state index contributed by atoms with van der Waals surface area (Å²) in [7, 11) is -4.08. The molecule has 4 aliphatic heterocycles. The highest BCUT2D eigenvalue weighted by Crippen LogP contribution is 2.64. The molecule has 0 amide bonds. The first-order chi connectivity index (χ1) is 15.1. The molecule has 0 radical (unpaired) electrons. The highest BCUT2D eigenvalue weighted by Gasteiger charge is 2.65. The Morgan fingerprint density at radius 2 is 1.50 bits per heavy atom. The lowest BCUT2D eigenvalue weighted by molar-refractivity contribution is -0.128. The van der Waals surface area contributed by atoms with Gasteiger partial charge in [0.25, 0.3) is 10.1 Å². The normalized spacial score (nSPS) is 43.2. The minimum atomic E-state index is -4.08. The molecule has 4 bridgehead atoms. The topological polar surface area (TPSA) is 77.9 Å². The number of Topliss-reactive ketones (excluding diaryl/α,β-unsaturated/α-hetero) is 1.